The van der Waals surface area contributed by atoms with Gasteiger partial charge in [0, 0.05) is 5.33 Å². The van der Waals surface area contributed by atoms with Gasteiger partial charge in [-0.25, -0.2) is 0 Å². The Labute approximate surface area is 134 Å². The number of para-hydroxylation sites is 2. The molecule has 0 amide bonds. The van der Waals surface area contributed by atoms with Crippen molar-refractivity contribution in [3.8, 4) is 11.5 Å². The number of unbranched alkanes of at least 4 members (excludes halogenated alkanes) is 3. The number of halogens is 1. The molecule has 21 heavy (non-hydrogen) atoms. The quantitative estimate of drug-likeness (QED) is 0.434. The van der Waals surface area contributed by atoms with Crippen molar-refractivity contribution in [1.82, 2.24) is 0 Å². The molecule has 110 valence electrons. The van der Waals surface area contributed by atoms with Crippen molar-refractivity contribution in [2.75, 3.05) is 10.6 Å². The number of rotatable bonds is 6. The molecular weight excluding hydrogens is 326 g/mol. The van der Waals surface area contributed by atoms with E-state index in [1.807, 2.05) is 24.3 Å². The molecule has 0 unspecified atom stereocenters. The molecule has 0 aliphatic carbocycles. The fraction of sp³-hybridized carbons (Fsp3) is 0.333. The summed E-state index contributed by atoms with van der Waals surface area (Å²) in [4.78, 5) is 0. The lowest BCUT2D eigenvalue weighted by molar-refractivity contribution is 0.480. The fourth-order valence-electron chi connectivity index (χ4n) is 2.61. The molecule has 0 aromatic heterocycles. The molecule has 0 saturated heterocycles. The maximum absolute atomic E-state index is 5.99. The van der Waals surface area contributed by atoms with Crippen LogP contribution in [0.1, 0.15) is 31.2 Å². The predicted molar refractivity (Wildman–Crippen MR) is 92.2 cm³/mol. The highest BCUT2D eigenvalue weighted by Gasteiger charge is 2.15. The first kappa shape index (κ1) is 14.5. The monoisotopic (exact) mass is 345 g/mol. The largest absolute Gasteiger partial charge is 0.453 e. The first-order valence-electron chi connectivity index (χ1n) is 7.59. The zero-order valence-electron chi connectivity index (χ0n) is 12.1. The molecule has 0 saturated carbocycles. The van der Waals surface area contributed by atoms with Gasteiger partial charge in [0.15, 0.2) is 11.5 Å². The molecule has 3 heteroatoms. The molecule has 0 atom stereocenters. The van der Waals surface area contributed by atoms with E-state index in [9.17, 15) is 0 Å². The molecular formula is C18H20BrNO. The van der Waals surface area contributed by atoms with Crippen LogP contribution in [-0.4, -0.2) is 5.33 Å². The van der Waals surface area contributed by atoms with Gasteiger partial charge in [0.1, 0.15) is 0 Å². The first-order valence-corrected chi connectivity index (χ1v) is 8.72. The average Bonchev–Trinajstić information content (AvgIpc) is 2.52. The summed E-state index contributed by atoms with van der Waals surface area (Å²) in [5.74, 6) is 1.84. The maximum Gasteiger partial charge on any atom is 0.151 e. The van der Waals surface area contributed by atoms with Crippen LogP contribution in [0.3, 0.4) is 0 Å². The Balaban J connectivity index is 1.63. The number of ether oxygens (including phenoxy) is 1. The zero-order chi connectivity index (χ0) is 14.5. The Kier molecular flexibility index (Phi) is 4.81. The van der Waals surface area contributed by atoms with Crippen molar-refractivity contribution in [1.29, 1.82) is 0 Å². The lowest BCUT2D eigenvalue weighted by Gasteiger charge is -2.22. The molecule has 1 N–H and O–H groups in total. The number of aryl methyl sites for hydroxylation is 1. The van der Waals surface area contributed by atoms with Gasteiger partial charge >= 0.3 is 0 Å². The summed E-state index contributed by atoms with van der Waals surface area (Å²) in [5.41, 5.74) is 3.44. The third-order valence-corrected chi connectivity index (χ3v) is 4.33. The van der Waals surface area contributed by atoms with Crippen molar-refractivity contribution in [3.05, 3.63) is 48.0 Å². The summed E-state index contributed by atoms with van der Waals surface area (Å²) in [6, 6.07) is 14.5. The fourth-order valence-corrected chi connectivity index (χ4v) is 3.01. The lowest BCUT2D eigenvalue weighted by atomic mass is 10.0. The highest BCUT2D eigenvalue weighted by atomic mass is 79.9. The Bertz CT molecular complexity index is 612. The Morgan fingerprint density at radius 2 is 1.67 bits per heavy atom. The Hall–Kier alpha value is -1.48. The lowest BCUT2D eigenvalue weighted by Crippen LogP contribution is -2.03. The van der Waals surface area contributed by atoms with Crippen molar-refractivity contribution in [2.24, 2.45) is 0 Å². The summed E-state index contributed by atoms with van der Waals surface area (Å²) in [5, 5.41) is 4.54. The third kappa shape index (κ3) is 3.59. The van der Waals surface area contributed by atoms with Crippen molar-refractivity contribution >= 4 is 27.3 Å². The minimum atomic E-state index is 0.902. The summed E-state index contributed by atoms with van der Waals surface area (Å²) >= 11 is 3.48. The number of hydrogen-bond donors (Lipinski definition) is 1. The van der Waals surface area contributed by atoms with Gasteiger partial charge < -0.3 is 10.1 Å². The predicted octanol–water partition coefficient (Wildman–Crippen LogP) is 6.03. The molecule has 0 fully saturated rings. The second-order valence-corrected chi connectivity index (χ2v) is 6.20. The molecule has 1 aliphatic rings. The number of anilines is 2. The van der Waals surface area contributed by atoms with Gasteiger partial charge in [-0.05, 0) is 49.1 Å². The van der Waals surface area contributed by atoms with E-state index in [2.05, 4.69) is 39.4 Å². The molecule has 2 nitrogen and oxygen atoms in total. The third-order valence-electron chi connectivity index (χ3n) is 3.77. The summed E-state index contributed by atoms with van der Waals surface area (Å²) in [6.45, 7) is 0. The molecule has 2 aromatic rings. The van der Waals surface area contributed by atoms with E-state index in [1.165, 1.54) is 31.2 Å². The van der Waals surface area contributed by atoms with Gasteiger partial charge in [-0.2, -0.15) is 0 Å². The van der Waals surface area contributed by atoms with E-state index in [-0.39, 0.29) is 0 Å². The Morgan fingerprint density at radius 1 is 0.857 bits per heavy atom. The van der Waals surface area contributed by atoms with Crippen LogP contribution < -0.4 is 10.1 Å². The normalized spacial score (nSPS) is 12.0. The van der Waals surface area contributed by atoms with Crippen LogP contribution in [0.5, 0.6) is 11.5 Å². The van der Waals surface area contributed by atoms with E-state index in [1.54, 1.807) is 0 Å². The van der Waals surface area contributed by atoms with Gasteiger partial charge in [0.25, 0.3) is 0 Å². The van der Waals surface area contributed by atoms with Crippen LogP contribution >= 0.6 is 15.9 Å². The second-order valence-electron chi connectivity index (χ2n) is 5.41. The topological polar surface area (TPSA) is 21.3 Å². The molecule has 0 spiro atoms. The smallest absolute Gasteiger partial charge is 0.151 e. The Morgan fingerprint density at radius 3 is 2.57 bits per heavy atom. The molecule has 3 rings (SSSR count). The van der Waals surface area contributed by atoms with Gasteiger partial charge in [0.05, 0.1) is 11.4 Å². The van der Waals surface area contributed by atoms with E-state index in [0.717, 1.165) is 34.6 Å². The SMILES string of the molecule is BrCCCCCCc1ccc2c(c1)Oc1ccccc1N2. The van der Waals surface area contributed by atoms with E-state index in [0.29, 0.717) is 0 Å². The van der Waals surface area contributed by atoms with Gasteiger partial charge in [0.2, 0.25) is 0 Å². The zero-order valence-corrected chi connectivity index (χ0v) is 13.7. The first-order chi connectivity index (χ1) is 10.4. The van der Waals surface area contributed by atoms with Crippen LogP contribution in [0.25, 0.3) is 0 Å². The van der Waals surface area contributed by atoms with Crippen molar-refractivity contribution in [2.45, 2.75) is 32.1 Å². The number of hydrogen-bond acceptors (Lipinski definition) is 2. The van der Waals surface area contributed by atoms with Gasteiger partial charge in [-0.1, -0.05) is 47.0 Å². The summed E-state index contributed by atoms with van der Waals surface area (Å²) < 4.78 is 5.99. The highest BCUT2D eigenvalue weighted by molar-refractivity contribution is 9.09. The maximum atomic E-state index is 5.99. The molecule has 1 aliphatic heterocycles. The van der Waals surface area contributed by atoms with E-state index in [4.69, 9.17) is 4.74 Å². The van der Waals surface area contributed by atoms with Gasteiger partial charge in [-0.15, -0.1) is 0 Å². The highest BCUT2D eigenvalue weighted by Crippen LogP contribution is 2.41. The van der Waals surface area contributed by atoms with Crippen LogP contribution in [0.4, 0.5) is 11.4 Å². The minimum absolute atomic E-state index is 0.902. The van der Waals surface area contributed by atoms with Gasteiger partial charge in [-0.3, -0.25) is 0 Å². The number of benzene rings is 2. The minimum Gasteiger partial charge on any atom is -0.453 e. The second kappa shape index (κ2) is 6.99. The summed E-state index contributed by atoms with van der Waals surface area (Å²) in [6.07, 6.45) is 6.25. The molecule has 1 heterocycles. The van der Waals surface area contributed by atoms with Crippen LogP contribution in [0, 0.1) is 0 Å². The van der Waals surface area contributed by atoms with Crippen LogP contribution in [-0.2, 0) is 6.42 Å². The van der Waals surface area contributed by atoms with Crippen LogP contribution in [0.2, 0.25) is 0 Å². The molecule has 0 bridgehead atoms. The van der Waals surface area contributed by atoms with E-state index < -0.39 is 0 Å². The van der Waals surface area contributed by atoms with E-state index >= 15 is 0 Å². The average molecular weight is 346 g/mol. The van der Waals surface area contributed by atoms with Crippen molar-refractivity contribution in [3.63, 3.8) is 0 Å². The number of alkyl halides is 1. The molecule has 0 radical (unpaired) electrons. The summed E-state index contributed by atoms with van der Waals surface area (Å²) in [7, 11) is 0. The standard InChI is InChI=1S/C18H20BrNO/c19-12-6-2-1-3-7-14-10-11-16-18(13-14)21-17-9-5-4-8-15(17)20-16/h4-5,8-11,13,20H,1-3,6-7,12H2. The number of fused-ring (bicyclic) bond motifs is 2. The number of nitrogens with one attached hydrogen (secondary N) is 1. The van der Waals surface area contributed by atoms with Crippen molar-refractivity contribution < 1.29 is 4.74 Å². The van der Waals surface area contributed by atoms with Crippen LogP contribution in [0.15, 0.2) is 42.5 Å². The molecule has 2 aromatic carbocycles.